The van der Waals surface area contributed by atoms with Gasteiger partial charge in [0.15, 0.2) is 0 Å². The summed E-state index contributed by atoms with van der Waals surface area (Å²) in [6.45, 7) is 8.03. The van der Waals surface area contributed by atoms with Crippen LogP contribution in [-0.2, 0) is 5.41 Å². The third-order valence-corrected chi connectivity index (χ3v) is 4.79. The Bertz CT molecular complexity index is 773. The number of pyridine rings is 1. The molecular weight excluding hydrogens is 324 g/mol. The highest BCUT2D eigenvalue weighted by atomic mass is 35.5. The molecule has 0 unspecified atom stereocenters. The van der Waals surface area contributed by atoms with Gasteiger partial charge in [0.05, 0.1) is 22.4 Å². The van der Waals surface area contributed by atoms with E-state index in [2.05, 4.69) is 35.8 Å². The van der Waals surface area contributed by atoms with Crippen LogP contribution in [0.3, 0.4) is 0 Å². The molecule has 5 nitrogen and oxygen atoms in total. The zero-order valence-corrected chi connectivity index (χ0v) is 15.1. The maximum absolute atomic E-state index is 12.3. The van der Waals surface area contributed by atoms with Gasteiger partial charge in [-0.3, -0.25) is 9.78 Å². The lowest BCUT2D eigenvalue weighted by Crippen LogP contribution is -2.39. The summed E-state index contributed by atoms with van der Waals surface area (Å²) >= 11 is 6.24. The van der Waals surface area contributed by atoms with E-state index in [4.69, 9.17) is 11.6 Å². The van der Waals surface area contributed by atoms with Crippen molar-refractivity contribution in [2.45, 2.75) is 45.1 Å². The van der Waals surface area contributed by atoms with Crippen LogP contribution in [-0.4, -0.2) is 27.9 Å². The van der Waals surface area contributed by atoms with E-state index >= 15 is 0 Å². The topological polar surface area (TPSA) is 51.0 Å². The minimum absolute atomic E-state index is 0.0246. The van der Waals surface area contributed by atoms with Gasteiger partial charge in [0.2, 0.25) is 0 Å². The van der Waals surface area contributed by atoms with Crippen molar-refractivity contribution in [2.24, 2.45) is 0 Å². The van der Waals surface area contributed by atoms with Crippen LogP contribution in [0, 0.1) is 0 Å². The van der Waals surface area contributed by atoms with Crippen LogP contribution in [0.1, 0.15) is 45.3 Å². The second-order valence-electron chi connectivity index (χ2n) is 7.30. The van der Waals surface area contributed by atoms with Crippen molar-refractivity contribution in [3.05, 3.63) is 51.7 Å². The Morgan fingerprint density at radius 3 is 2.50 bits per heavy atom. The molecule has 1 aliphatic rings. The summed E-state index contributed by atoms with van der Waals surface area (Å²) in [6, 6.07) is 5.55. The molecule has 0 aromatic carbocycles. The standard InChI is InChI=1S/C18H23ClN4O/c1-18(2,3)16-4-5-17(24)23(21-16)13-7-10-22(11-8-13)15-6-9-20-12-14(15)19/h4-6,9,12-13H,7-8,10-11H2,1-3H3. The van der Waals surface area contributed by atoms with Crippen LogP contribution in [0.15, 0.2) is 35.4 Å². The highest BCUT2D eigenvalue weighted by Gasteiger charge is 2.25. The maximum atomic E-state index is 12.3. The second kappa shape index (κ2) is 6.55. The van der Waals surface area contributed by atoms with Crippen LogP contribution in [0.2, 0.25) is 5.02 Å². The molecule has 128 valence electrons. The number of halogens is 1. The van der Waals surface area contributed by atoms with Crippen molar-refractivity contribution in [3.63, 3.8) is 0 Å². The molecule has 0 N–H and O–H groups in total. The Labute approximate surface area is 147 Å². The van der Waals surface area contributed by atoms with Gasteiger partial charge in [-0.1, -0.05) is 32.4 Å². The number of aromatic nitrogens is 3. The van der Waals surface area contributed by atoms with E-state index in [0.29, 0.717) is 5.02 Å². The number of piperidine rings is 1. The van der Waals surface area contributed by atoms with E-state index in [-0.39, 0.29) is 17.0 Å². The first-order chi connectivity index (χ1) is 11.4. The van der Waals surface area contributed by atoms with Gasteiger partial charge in [-0.25, -0.2) is 4.68 Å². The van der Waals surface area contributed by atoms with E-state index in [1.165, 1.54) is 0 Å². The minimum Gasteiger partial charge on any atom is -0.370 e. The summed E-state index contributed by atoms with van der Waals surface area (Å²) in [5, 5.41) is 5.30. The fourth-order valence-electron chi connectivity index (χ4n) is 3.06. The lowest BCUT2D eigenvalue weighted by molar-refractivity contribution is 0.344. The van der Waals surface area contributed by atoms with Gasteiger partial charge in [-0.05, 0) is 25.0 Å². The molecule has 1 saturated heterocycles. The van der Waals surface area contributed by atoms with Crippen LogP contribution in [0.5, 0.6) is 0 Å². The molecule has 3 heterocycles. The molecule has 2 aromatic heterocycles. The van der Waals surface area contributed by atoms with Crippen molar-refractivity contribution in [2.75, 3.05) is 18.0 Å². The summed E-state index contributed by atoms with van der Waals surface area (Å²) in [4.78, 5) is 18.5. The molecule has 0 amide bonds. The Hall–Kier alpha value is -1.88. The van der Waals surface area contributed by atoms with Crippen molar-refractivity contribution >= 4 is 17.3 Å². The van der Waals surface area contributed by atoms with Crippen LogP contribution < -0.4 is 10.5 Å². The summed E-state index contributed by atoms with van der Waals surface area (Å²) in [5.74, 6) is 0. The van der Waals surface area contributed by atoms with Gasteiger partial charge < -0.3 is 4.90 Å². The van der Waals surface area contributed by atoms with Gasteiger partial charge in [-0.15, -0.1) is 0 Å². The lowest BCUT2D eigenvalue weighted by Gasteiger charge is -2.34. The molecule has 1 aliphatic heterocycles. The van der Waals surface area contributed by atoms with E-state index in [9.17, 15) is 4.79 Å². The Balaban J connectivity index is 1.78. The number of anilines is 1. The highest BCUT2D eigenvalue weighted by molar-refractivity contribution is 6.33. The van der Waals surface area contributed by atoms with Gasteiger partial charge in [-0.2, -0.15) is 5.10 Å². The van der Waals surface area contributed by atoms with Crippen molar-refractivity contribution in [3.8, 4) is 0 Å². The van der Waals surface area contributed by atoms with Crippen LogP contribution >= 0.6 is 11.6 Å². The van der Waals surface area contributed by atoms with E-state index < -0.39 is 0 Å². The Morgan fingerprint density at radius 1 is 1.17 bits per heavy atom. The number of nitrogens with zero attached hydrogens (tertiary/aromatic N) is 4. The molecule has 2 aromatic rings. The molecule has 0 saturated carbocycles. The Kier molecular flexibility index (Phi) is 4.63. The first-order valence-electron chi connectivity index (χ1n) is 8.31. The first-order valence-corrected chi connectivity index (χ1v) is 8.69. The monoisotopic (exact) mass is 346 g/mol. The zero-order chi connectivity index (χ0) is 17.3. The third kappa shape index (κ3) is 3.46. The molecule has 0 aliphatic carbocycles. The summed E-state index contributed by atoms with van der Waals surface area (Å²) in [6.07, 6.45) is 5.17. The number of hydrogen-bond acceptors (Lipinski definition) is 4. The molecule has 0 radical (unpaired) electrons. The quantitative estimate of drug-likeness (QED) is 0.836. The van der Waals surface area contributed by atoms with E-state index in [0.717, 1.165) is 37.3 Å². The van der Waals surface area contributed by atoms with Gasteiger partial charge in [0.25, 0.3) is 5.56 Å². The fourth-order valence-corrected chi connectivity index (χ4v) is 3.30. The molecule has 3 rings (SSSR count). The third-order valence-electron chi connectivity index (χ3n) is 4.50. The smallest absolute Gasteiger partial charge is 0.267 e. The molecule has 0 atom stereocenters. The van der Waals surface area contributed by atoms with Crippen LogP contribution in [0.4, 0.5) is 5.69 Å². The largest absolute Gasteiger partial charge is 0.370 e. The predicted molar refractivity (Wildman–Crippen MR) is 96.9 cm³/mol. The van der Waals surface area contributed by atoms with Crippen molar-refractivity contribution in [1.82, 2.24) is 14.8 Å². The Morgan fingerprint density at radius 2 is 1.88 bits per heavy atom. The first kappa shape index (κ1) is 17.0. The average Bonchev–Trinajstić information content (AvgIpc) is 2.55. The average molecular weight is 347 g/mol. The zero-order valence-electron chi connectivity index (χ0n) is 14.4. The van der Waals surface area contributed by atoms with Gasteiger partial charge >= 0.3 is 0 Å². The molecule has 1 fully saturated rings. The van der Waals surface area contributed by atoms with Gasteiger partial charge in [0, 0.05) is 37.0 Å². The van der Waals surface area contributed by atoms with Crippen molar-refractivity contribution in [1.29, 1.82) is 0 Å². The summed E-state index contributed by atoms with van der Waals surface area (Å²) < 4.78 is 1.67. The normalized spacial score (nSPS) is 16.4. The molecule has 0 spiro atoms. The fraction of sp³-hybridized carbons (Fsp3) is 0.500. The SMILES string of the molecule is CC(C)(C)c1ccc(=O)n(C2CCN(c3ccncc3Cl)CC2)n1. The van der Waals surface area contributed by atoms with Crippen molar-refractivity contribution < 1.29 is 0 Å². The molecular formula is C18H23ClN4O. The highest BCUT2D eigenvalue weighted by Crippen LogP contribution is 2.30. The molecule has 24 heavy (non-hydrogen) atoms. The molecule has 6 heteroatoms. The summed E-state index contributed by atoms with van der Waals surface area (Å²) in [7, 11) is 0. The minimum atomic E-state index is -0.0687. The summed E-state index contributed by atoms with van der Waals surface area (Å²) in [5.41, 5.74) is 1.86. The number of hydrogen-bond donors (Lipinski definition) is 0. The number of rotatable bonds is 2. The van der Waals surface area contributed by atoms with Gasteiger partial charge in [0.1, 0.15) is 0 Å². The van der Waals surface area contributed by atoms with E-state index in [1.807, 2.05) is 12.1 Å². The lowest BCUT2D eigenvalue weighted by atomic mass is 9.92. The van der Waals surface area contributed by atoms with Crippen LogP contribution in [0.25, 0.3) is 0 Å². The molecule has 0 bridgehead atoms. The van der Waals surface area contributed by atoms with E-state index in [1.54, 1.807) is 23.1 Å². The second-order valence-corrected chi connectivity index (χ2v) is 7.70. The maximum Gasteiger partial charge on any atom is 0.267 e. The predicted octanol–water partition coefficient (Wildman–Crippen LogP) is 3.43.